The molecular weight excluding hydrogens is 507 g/mol. The largest absolute Gasteiger partial charge is 0.497 e. The Balaban J connectivity index is 0.000000201. The number of hydrogen-bond donors (Lipinski definition) is 0. The predicted molar refractivity (Wildman–Crippen MR) is 139 cm³/mol. The van der Waals surface area contributed by atoms with E-state index in [4.69, 9.17) is 42.1 Å². The summed E-state index contributed by atoms with van der Waals surface area (Å²) in [6.45, 7) is 8.26. The van der Waals surface area contributed by atoms with Crippen LogP contribution in [0.25, 0.3) is 27.6 Å². The lowest BCUT2D eigenvalue weighted by Crippen LogP contribution is -2.09. The van der Waals surface area contributed by atoms with Gasteiger partial charge >= 0.3 is 5.97 Å². The van der Waals surface area contributed by atoms with Crippen LogP contribution >= 0.6 is 23.2 Å². The Bertz CT molecular complexity index is 1310. The number of nitrogens with zero attached hydrogens (tertiary/aromatic N) is 4. The molecule has 4 aromatic rings. The molecule has 0 bridgehead atoms. The van der Waals surface area contributed by atoms with E-state index in [1.807, 2.05) is 19.1 Å². The third-order valence-electron chi connectivity index (χ3n) is 4.81. The molecule has 0 aliphatic carbocycles. The number of aromatic nitrogens is 4. The summed E-state index contributed by atoms with van der Waals surface area (Å²) >= 11 is 11.7. The fourth-order valence-corrected chi connectivity index (χ4v) is 3.58. The SMILES string of the molecule is C=C(OCC)c1nc(Cl)nc2cc(OC)ccc12.CCOC(=O)c1nc(Cl)nc2cc(OC)ccc12. The molecule has 0 radical (unpaired) electrons. The van der Waals surface area contributed by atoms with E-state index in [-0.39, 0.29) is 22.9 Å². The molecule has 0 aliphatic rings. The van der Waals surface area contributed by atoms with Crippen LogP contribution in [0.15, 0.2) is 43.0 Å². The molecule has 2 aromatic carbocycles. The van der Waals surface area contributed by atoms with Crippen LogP contribution in [0, 0.1) is 0 Å². The molecule has 188 valence electrons. The summed E-state index contributed by atoms with van der Waals surface area (Å²) in [6, 6.07) is 10.6. The van der Waals surface area contributed by atoms with E-state index in [0.717, 1.165) is 5.39 Å². The fourth-order valence-electron chi connectivity index (χ4n) is 3.23. The maximum Gasteiger partial charge on any atom is 0.357 e. The number of rotatable bonds is 7. The molecule has 11 heteroatoms. The summed E-state index contributed by atoms with van der Waals surface area (Å²) in [5.41, 5.74) is 2.01. The van der Waals surface area contributed by atoms with Crippen LogP contribution in [-0.4, -0.2) is 53.3 Å². The Labute approximate surface area is 218 Å². The zero-order valence-corrected chi connectivity index (χ0v) is 21.7. The third kappa shape index (κ3) is 6.30. The molecule has 36 heavy (non-hydrogen) atoms. The minimum atomic E-state index is -0.517. The zero-order chi connectivity index (χ0) is 26.2. The highest BCUT2D eigenvalue weighted by molar-refractivity contribution is 6.29. The molecule has 0 atom stereocenters. The lowest BCUT2D eigenvalue weighted by molar-refractivity contribution is 0.0522. The summed E-state index contributed by atoms with van der Waals surface area (Å²) in [7, 11) is 3.15. The van der Waals surface area contributed by atoms with E-state index in [1.54, 1.807) is 45.4 Å². The van der Waals surface area contributed by atoms with Crippen molar-refractivity contribution >= 4 is 56.7 Å². The maximum atomic E-state index is 11.8. The summed E-state index contributed by atoms with van der Waals surface area (Å²) < 4.78 is 20.5. The smallest absolute Gasteiger partial charge is 0.357 e. The number of hydrogen-bond acceptors (Lipinski definition) is 9. The Morgan fingerprint density at radius 1 is 0.778 bits per heavy atom. The maximum absolute atomic E-state index is 11.8. The highest BCUT2D eigenvalue weighted by Crippen LogP contribution is 2.27. The van der Waals surface area contributed by atoms with Crippen molar-refractivity contribution in [1.82, 2.24) is 19.9 Å². The Morgan fingerprint density at radius 3 is 1.72 bits per heavy atom. The highest BCUT2D eigenvalue weighted by atomic mass is 35.5. The molecule has 0 N–H and O–H groups in total. The molecule has 0 aliphatic heterocycles. The van der Waals surface area contributed by atoms with Gasteiger partial charge in [0.15, 0.2) is 5.69 Å². The van der Waals surface area contributed by atoms with Crippen molar-refractivity contribution in [3.05, 3.63) is 64.9 Å². The van der Waals surface area contributed by atoms with Gasteiger partial charge in [0, 0.05) is 22.9 Å². The van der Waals surface area contributed by atoms with E-state index >= 15 is 0 Å². The second kappa shape index (κ2) is 12.3. The molecular formula is C25H24Cl2N4O5. The van der Waals surface area contributed by atoms with Crippen LogP contribution in [0.4, 0.5) is 0 Å². The van der Waals surface area contributed by atoms with Crippen LogP contribution in [-0.2, 0) is 9.47 Å². The van der Waals surface area contributed by atoms with Gasteiger partial charge < -0.3 is 18.9 Å². The molecule has 4 rings (SSSR count). The van der Waals surface area contributed by atoms with Crippen molar-refractivity contribution in [2.75, 3.05) is 27.4 Å². The monoisotopic (exact) mass is 530 g/mol. The van der Waals surface area contributed by atoms with Gasteiger partial charge in [0.1, 0.15) is 23.0 Å². The van der Waals surface area contributed by atoms with E-state index in [2.05, 4.69) is 26.5 Å². The summed E-state index contributed by atoms with van der Waals surface area (Å²) in [4.78, 5) is 28.1. The van der Waals surface area contributed by atoms with Gasteiger partial charge in [-0.15, -0.1) is 0 Å². The minimum Gasteiger partial charge on any atom is -0.497 e. The van der Waals surface area contributed by atoms with Crippen molar-refractivity contribution in [3.63, 3.8) is 0 Å². The number of halogens is 2. The number of carbonyl (C=O) groups excluding carboxylic acids is 1. The van der Waals surface area contributed by atoms with Crippen molar-refractivity contribution in [3.8, 4) is 11.5 Å². The van der Waals surface area contributed by atoms with E-state index in [9.17, 15) is 4.79 Å². The van der Waals surface area contributed by atoms with Gasteiger partial charge in [-0.05, 0) is 61.3 Å². The molecule has 0 fully saturated rings. The van der Waals surface area contributed by atoms with Crippen LogP contribution in [0.2, 0.25) is 10.6 Å². The van der Waals surface area contributed by atoms with Crippen LogP contribution in [0.3, 0.4) is 0 Å². The van der Waals surface area contributed by atoms with Gasteiger partial charge in [-0.2, -0.15) is 0 Å². The van der Waals surface area contributed by atoms with E-state index in [0.29, 0.717) is 46.0 Å². The molecule has 9 nitrogen and oxygen atoms in total. The van der Waals surface area contributed by atoms with Crippen molar-refractivity contribution in [1.29, 1.82) is 0 Å². The summed E-state index contributed by atoms with van der Waals surface area (Å²) in [6.07, 6.45) is 0. The van der Waals surface area contributed by atoms with Crippen LogP contribution < -0.4 is 9.47 Å². The first-order valence-corrected chi connectivity index (χ1v) is 11.6. The number of esters is 1. The first-order valence-electron chi connectivity index (χ1n) is 10.8. The van der Waals surface area contributed by atoms with Crippen LogP contribution in [0.5, 0.6) is 11.5 Å². The van der Waals surface area contributed by atoms with Crippen molar-refractivity contribution < 1.29 is 23.7 Å². The molecule has 0 saturated carbocycles. The van der Waals surface area contributed by atoms with Gasteiger partial charge in [0.25, 0.3) is 0 Å². The van der Waals surface area contributed by atoms with Crippen LogP contribution in [0.1, 0.15) is 30.0 Å². The van der Waals surface area contributed by atoms with Gasteiger partial charge in [0.05, 0.1) is 38.5 Å². The molecule has 0 unspecified atom stereocenters. The lowest BCUT2D eigenvalue weighted by atomic mass is 10.1. The molecule has 0 spiro atoms. The average molecular weight is 531 g/mol. The predicted octanol–water partition coefficient (Wildman–Crippen LogP) is 5.77. The van der Waals surface area contributed by atoms with Gasteiger partial charge in [-0.3, -0.25) is 0 Å². The highest BCUT2D eigenvalue weighted by Gasteiger charge is 2.16. The molecule has 2 aromatic heterocycles. The standard InChI is InChI=1S/C13H13ClN2O2.C12H11ClN2O3/c1-4-18-8(2)12-10-6-5-9(17-3)7-11(10)15-13(14)16-12;1-3-18-11(16)10-8-5-4-7(17-2)6-9(8)14-12(13)15-10/h5-7H,2,4H2,1,3H3;4-6H,3H2,1-2H3. The Hall–Kier alpha value is -3.69. The number of benzene rings is 2. The first kappa shape index (κ1) is 26.9. The van der Waals surface area contributed by atoms with Gasteiger partial charge in [0.2, 0.25) is 10.6 Å². The Morgan fingerprint density at radius 2 is 1.25 bits per heavy atom. The average Bonchev–Trinajstić information content (AvgIpc) is 2.87. The van der Waals surface area contributed by atoms with Gasteiger partial charge in [-0.1, -0.05) is 6.58 Å². The molecule has 0 amide bonds. The number of fused-ring (bicyclic) bond motifs is 2. The number of methoxy groups -OCH3 is 2. The Kier molecular flexibility index (Phi) is 9.21. The third-order valence-corrected chi connectivity index (χ3v) is 5.14. The fraction of sp³-hybridized carbons (Fsp3) is 0.240. The second-order valence-corrected chi connectivity index (χ2v) is 7.70. The van der Waals surface area contributed by atoms with E-state index < -0.39 is 5.97 Å². The van der Waals surface area contributed by atoms with E-state index in [1.165, 1.54) is 0 Å². The second-order valence-electron chi connectivity index (χ2n) is 7.03. The van der Waals surface area contributed by atoms with Crippen molar-refractivity contribution in [2.24, 2.45) is 0 Å². The summed E-state index contributed by atoms with van der Waals surface area (Å²) in [5.74, 6) is 1.31. The first-order chi connectivity index (χ1) is 17.3. The topological polar surface area (TPSA) is 106 Å². The molecule has 2 heterocycles. The molecule has 0 saturated heterocycles. The summed E-state index contributed by atoms with van der Waals surface area (Å²) in [5, 5.41) is 1.57. The number of carbonyl (C=O) groups is 1. The normalized spacial score (nSPS) is 10.4. The van der Waals surface area contributed by atoms with Gasteiger partial charge in [-0.25, -0.2) is 24.7 Å². The van der Waals surface area contributed by atoms with Crippen molar-refractivity contribution in [2.45, 2.75) is 13.8 Å². The lowest BCUT2D eigenvalue weighted by Gasteiger charge is -2.10. The zero-order valence-electron chi connectivity index (χ0n) is 20.2. The quantitative estimate of drug-likeness (QED) is 0.167. The number of ether oxygens (including phenoxy) is 4. The minimum absolute atomic E-state index is 0.00111.